The molecule has 0 aliphatic heterocycles. The molecule has 2 aromatic rings. The number of sulfonamides is 1. The molecule has 0 atom stereocenters. The van der Waals surface area contributed by atoms with Crippen LogP contribution in [-0.4, -0.2) is 26.5 Å². The molecule has 0 aromatic heterocycles. The first-order valence-corrected chi connectivity index (χ1v) is 9.84. The Morgan fingerprint density at radius 3 is 2.29 bits per heavy atom. The summed E-state index contributed by atoms with van der Waals surface area (Å²) in [6, 6.07) is 12.0. The second-order valence-corrected chi connectivity index (χ2v) is 8.07. The highest BCUT2D eigenvalue weighted by Gasteiger charge is 2.13. The van der Waals surface area contributed by atoms with Crippen LogP contribution in [0, 0.1) is 5.82 Å². The van der Waals surface area contributed by atoms with Crippen LogP contribution in [0.15, 0.2) is 58.3 Å². The molecule has 0 bridgehead atoms. The van der Waals surface area contributed by atoms with Crippen molar-refractivity contribution in [3.8, 4) is 0 Å². The molecule has 0 unspecified atom stereocenters. The third-order valence-electron chi connectivity index (χ3n) is 3.27. The van der Waals surface area contributed by atoms with Crippen molar-refractivity contribution in [2.75, 3.05) is 12.3 Å². The maximum absolute atomic E-state index is 12.8. The fourth-order valence-corrected chi connectivity index (χ4v) is 3.88. The van der Waals surface area contributed by atoms with Crippen molar-refractivity contribution in [2.45, 2.75) is 23.1 Å². The number of hydrogen-bond acceptors (Lipinski definition) is 4. The molecule has 24 heavy (non-hydrogen) atoms. The molecule has 1 N–H and O–H groups in total. The first-order valence-electron chi connectivity index (χ1n) is 7.37. The third kappa shape index (κ3) is 5.43. The van der Waals surface area contributed by atoms with Gasteiger partial charge in [0.2, 0.25) is 10.0 Å². The number of benzene rings is 2. The Morgan fingerprint density at radius 1 is 1.08 bits per heavy atom. The maximum atomic E-state index is 12.8. The topological polar surface area (TPSA) is 63.2 Å². The highest BCUT2D eigenvalue weighted by molar-refractivity contribution is 7.99. The molecule has 0 fully saturated rings. The Bertz CT molecular complexity index is 788. The van der Waals surface area contributed by atoms with Crippen LogP contribution < -0.4 is 4.72 Å². The van der Waals surface area contributed by atoms with Crippen molar-refractivity contribution in [3.63, 3.8) is 0 Å². The van der Waals surface area contributed by atoms with E-state index in [0.29, 0.717) is 18.5 Å². The molecule has 4 nitrogen and oxygen atoms in total. The van der Waals surface area contributed by atoms with Crippen molar-refractivity contribution >= 4 is 27.6 Å². The average molecular weight is 367 g/mol. The van der Waals surface area contributed by atoms with Crippen LogP contribution in [0.4, 0.5) is 4.39 Å². The van der Waals surface area contributed by atoms with Gasteiger partial charge in [0.25, 0.3) is 0 Å². The lowest BCUT2D eigenvalue weighted by molar-refractivity contribution is 0.101. The first kappa shape index (κ1) is 18.6. The quantitative estimate of drug-likeness (QED) is 0.441. The van der Waals surface area contributed by atoms with Gasteiger partial charge in [-0.05, 0) is 55.5 Å². The number of hydrogen-bond donors (Lipinski definition) is 1. The Kier molecular flexibility index (Phi) is 6.53. The highest BCUT2D eigenvalue weighted by atomic mass is 32.2. The van der Waals surface area contributed by atoms with Crippen molar-refractivity contribution < 1.29 is 17.6 Å². The van der Waals surface area contributed by atoms with Gasteiger partial charge in [-0.1, -0.05) is 12.1 Å². The van der Waals surface area contributed by atoms with E-state index in [0.717, 1.165) is 10.6 Å². The number of rotatable bonds is 8. The SMILES string of the molecule is CC(=O)c1ccc(S(=O)(=O)NCCCSc2ccc(F)cc2)cc1. The predicted octanol–water partition coefficient (Wildman–Crippen LogP) is 3.49. The molecule has 0 saturated heterocycles. The molecule has 0 spiro atoms. The summed E-state index contributed by atoms with van der Waals surface area (Å²) in [4.78, 5) is 12.3. The largest absolute Gasteiger partial charge is 0.295 e. The standard InChI is InChI=1S/C17H18FNO3S2/c1-13(20)14-3-9-17(10-4-14)24(21,22)19-11-2-12-23-16-7-5-15(18)6-8-16/h3-10,19H,2,11-12H2,1H3. The number of nitrogens with one attached hydrogen (secondary N) is 1. The number of Topliss-reactive ketones (excluding diaryl/α,β-unsaturated/α-hetero) is 1. The van der Waals surface area contributed by atoms with Gasteiger partial charge >= 0.3 is 0 Å². The van der Waals surface area contributed by atoms with Crippen molar-refractivity contribution in [3.05, 3.63) is 59.9 Å². The summed E-state index contributed by atoms with van der Waals surface area (Å²) in [5.74, 6) is 0.338. The van der Waals surface area contributed by atoms with Crippen LogP contribution in [0.2, 0.25) is 0 Å². The number of carbonyl (C=O) groups is 1. The number of halogens is 1. The Morgan fingerprint density at radius 2 is 1.71 bits per heavy atom. The van der Waals surface area contributed by atoms with E-state index in [1.54, 1.807) is 23.9 Å². The van der Waals surface area contributed by atoms with Crippen molar-refractivity contribution in [1.29, 1.82) is 0 Å². The molecule has 0 radical (unpaired) electrons. The zero-order valence-corrected chi connectivity index (χ0v) is 14.8. The lowest BCUT2D eigenvalue weighted by Gasteiger charge is -2.07. The van der Waals surface area contributed by atoms with E-state index in [1.165, 1.54) is 43.3 Å². The first-order chi connectivity index (χ1) is 11.4. The summed E-state index contributed by atoms with van der Waals surface area (Å²) in [5, 5.41) is 0. The van der Waals surface area contributed by atoms with Gasteiger partial charge in [-0.15, -0.1) is 11.8 Å². The van der Waals surface area contributed by atoms with Gasteiger partial charge in [0.15, 0.2) is 5.78 Å². The fourth-order valence-electron chi connectivity index (χ4n) is 1.95. The lowest BCUT2D eigenvalue weighted by atomic mass is 10.2. The second kappa shape index (κ2) is 8.41. The molecule has 0 aliphatic rings. The average Bonchev–Trinajstić information content (AvgIpc) is 2.56. The zero-order chi connectivity index (χ0) is 17.6. The molecule has 128 valence electrons. The fraction of sp³-hybridized carbons (Fsp3) is 0.235. The van der Waals surface area contributed by atoms with E-state index in [4.69, 9.17) is 0 Å². The zero-order valence-electron chi connectivity index (χ0n) is 13.2. The minimum atomic E-state index is -3.57. The van der Waals surface area contributed by atoms with Crippen LogP contribution in [-0.2, 0) is 10.0 Å². The number of ketones is 1. The predicted molar refractivity (Wildman–Crippen MR) is 93.4 cm³/mol. The van der Waals surface area contributed by atoms with E-state index in [9.17, 15) is 17.6 Å². The van der Waals surface area contributed by atoms with Gasteiger partial charge in [0, 0.05) is 17.0 Å². The van der Waals surface area contributed by atoms with Crippen molar-refractivity contribution in [1.82, 2.24) is 4.72 Å². The third-order valence-corrected chi connectivity index (χ3v) is 5.84. The summed E-state index contributed by atoms with van der Waals surface area (Å²) < 4.78 is 39.6. The molecule has 2 aromatic carbocycles. The van der Waals surface area contributed by atoms with Crippen LogP contribution in [0.1, 0.15) is 23.7 Å². The van der Waals surface area contributed by atoms with Crippen LogP contribution in [0.3, 0.4) is 0 Å². The molecule has 0 amide bonds. The number of thioether (sulfide) groups is 1. The lowest BCUT2D eigenvalue weighted by Crippen LogP contribution is -2.25. The molecular formula is C17H18FNO3S2. The van der Waals surface area contributed by atoms with Crippen molar-refractivity contribution in [2.24, 2.45) is 0 Å². The molecule has 0 aliphatic carbocycles. The molecule has 0 saturated carbocycles. The van der Waals surface area contributed by atoms with E-state index in [2.05, 4.69) is 4.72 Å². The summed E-state index contributed by atoms with van der Waals surface area (Å²) in [6.07, 6.45) is 0.646. The normalized spacial score (nSPS) is 11.4. The van der Waals surface area contributed by atoms with Gasteiger partial charge in [-0.3, -0.25) is 4.79 Å². The van der Waals surface area contributed by atoms with E-state index >= 15 is 0 Å². The second-order valence-electron chi connectivity index (χ2n) is 5.13. The maximum Gasteiger partial charge on any atom is 0.240 e. The van der Waals surface area contributed by atoms with Gasteiger partial charge in [-0.25, -0.2) is 17.5 Å². The summed E-state index contributed by atoms with van der Waals surface area (Å²) in [7, 11) is -3.57. The smallest absolute Gasteiger partial charge is 0.240 e. The van der Waals surface area contributed by atoms with E-state index < -0.39 is 10.0 Å². The van der Waals surface area contributed by atoms with Gasteiger partial charge in [-0.2, -0.15) is 0 Å². The Labute approximate surface area is 145 Å². The molecular weight excluding hydrogens is 349 g/mol. The molecule has 7 heteroatoms. The van der Waals surface area contributed by atoms with Crippen LogP contribution >= 0.6 is 11.8 Å². The van der Waals surface area contributed by atoms with Crippen LogP contribution in [0.25, 0.3) is 0 Å². The molecule has 2 rings (SSSR count). The van der Waals surface area contributed by atoms with Gasteiger partial charge in [0.05, 0.1) is 4.90 Å². The molecule has 0 heterocycles. The highest BCUT2D eigenvalue weighted by Crippen LogP contribution is 2.18. The van der Waals surface area contributed by atoms with E-state index in [1.807, 2.05) is 0 Å². The van der Waals surface area contributed by atoms with Gasteiger partial charge in [0.1, 0.15) is 5.82 Å². The Balaban J connectivity index is 1.80. The monoisotopic (exact) mass is 367 g/mol. The summed E-state index contributed by atoms with van der Waals surface area (Å²) >= 11 is 1.54. The Hall–Kier alpha value is -1.70. The van der Waals surface area contributed by atoms with Gasteiger partial charge < -0.3 is 0 Å². The summed E-state index contributed by atoms with van der Waals surface area (Å²) in [6.45, 7) is 1.74. The summed E-state index contributed by atoms with van der Waals surface area (Å²) in [5.41, 5.74) is 0.477. The van der Waals surface area contributed by atoms with Crippen LogP contribution in [0.5, 0.6) is 0 Å². The van der Waals surface area contributed by atoms with E-state index in [-0.39, 0.29) is 16.5 Å². The number of carbonyl (C=O) groups excluding carboxylic acids is 1. The minimum absolute atomic E-state index is 0.107. The minimum Gasteiger partial charge on any atom is -0.295 e.